The standard InChI is InChI=1S/C24H19BrN2O4/c1-30-19-11-9-16(13-20(19)31-2)26-23(28)21(14-6-4-3-5-7-14)22-17-12-15(25)8-10-18(17)27-24(22)29/h3-13H,1-2H3,(H,26,28)(H,27,29). The fourth-order valence-electron chi connectivity index (χ4n) is 3.49. The number of nitrogens with one attached hydrogen (secondary N) is 2. The van der Waals surface area contributed by atoms with E-state index >= 15 is 0 Å². The summed E-state index contributed by atoms with van der Waals surface area (Å²) in [6.45, 7) is 0. The molecule has 0 radical (unpaired) electrons. The number of carbonyl (C=O) groups is 2. The molecule has 2 amide bonds. The fraction of sp³-hybridized carbons (Fsp3) is 0.0833. The van der Waals surface area contributed by atoms with Crippen molar-refractivity contribution in [2.24, 2.45) is 0 Å². The summed E-state index contributed by atoms with van der Waals surface area (Å²) < 4.78 is 11.4. The molecule has 7 heteroatoms. The van der Waals surface area contributed by atoms with Gasteiger partial charge >= 0.3 is 0 Å². The second kappa shape index (κ2) is 8.65. The van der Waals surface area contributed by atoms with E-state index in [0.29, 0.717) is 39.6 Å². The molecule has 1 heterocycles. The molecule has 3 aromatic rings. The van der Waals surface area contributed by atoms with Gasteiger partial charge in [-0.1, -0.05) is 46.3 Å². The van der Waals surface area contributed by atoms with E-state index in [-0.39, 0.29) is 11.5 Å². The highest BCUT2D eigenvalue weighted by Gasteiger charge is 2.31. The van der Waals surface area contributed by atoms with Gasteiger partial charge in [0.05, 0.1) is 25.4 Å². The van der Waals surface area contributed by atoms with Crippen LogP contribution in [0.15, 0.2) is 71.2 Å². The van der Waals surface area contributed by atoms with Crippen molar-refractivity contribution in [3.63, 3.8) is 0 Å². The number of amides is 2. The van der Waals surface area contributed by atoms with E-state index < -0.39 is 5.91 Å². The molecule has 0 bridgehead atoms. The maximum Gasteiger partial charge on any atom is 0.257 e. The second-order valence-corrected chi connectivity index (χ2v) is 7.70. The lowest BCUT2D eigenvalue weighted by Crippen LogP contribution is -2.17. The number of ether oxygens (including phenoxy) is 2. The quantitative estimate of drug-likeness (QED) is 0.507. The molecular weight excluding hydrogens is 460 g/mol. The zero-order valence-corrected chi connectivity index (χ0v) is 18.4. The van der Waals surface area contributed by atoms with Gasteiger partial charge in [0.15, 0.2) is 11.5 Å². The Morgan fingerprint density at radius 1 is 0.935 bits per heavy atom. The lowest BCUT2D eigenvalue weighted by molar-refractivity contribution is -0.112. The van der Waals surface area contributed by atoms with E-state index in [2.05, 4.69) is 26.6 Å². The summed E-state index contributed by atoms with van der Waals surface area (Å²) in [7, 11) is 3.07. The van der Waals surface area contributed by atoms with Crippen LogP contribution < -0.4 is 20.1 Å². The first kappa shape index (κ1) is 20.7. The van der Waals surface area contributed by atoms with Gasteiger partial charge in [0.1, 0.15) is 0 Å². The predicted molar refractivity (Wildman–Crippen MR) is 124 cm³/mol. The highest BCUT2D eigenvalue weighted by atomic mass is 79.9. The van der Waals surface area contributed by atoms with E-state index in [1.807, 2.05) is 30.3 Å². The normalized spacial score (nSPS) is 13.8. The minimum absolute atomic E-state index is 0.282. The van der Waals surface area contributed by atoms with Crippen LogP contribution in [0.1, 0.15) is 11.1 Å². The Morgan fingerprint density at radius 2 is 1.68 bits per heavy atom. The minimum atomic E-state index is -0.406. The summed E-state index contributed by atoms with van der Waals surface area (Å²) in [5.74, 6) is 0.309. The third kappa shape index (κ3) is 4.04. The Bertz CT molecular complexity index is 1210. The molecule has 0 spiro atoms. The van der Waals surface area contributed by atoms with Crippen molar-refractivity contribution in [3.8, 4) is 11.5 Å². The average Bonchev–Trinajstić information content (AvgIpc) is 3.09. The highest BCUT2D eigenvalue weighted by Crippen LogP contribution is 2.39. The monoisotopic (exact) mass is 478 g/mol. The van der Waals surface area contributed by atoms with Crippen LogP contribution in [-0.4, -0.2) is 26.0 Å². The molecule has 0 unspecified atom stereocenters. The Kier molecular flexibility index (Phi) is 5.77. The number of hydrogen-bond donors (Lipinski definition) is 2. The first-order valence-electron chi connectivity index (χ1n) is 9.46. The molecule has 6 nitrogen and oxygen atoms in total. The van der Waals surface area contributed by atoms with Gasteiger partial charge in [-0.05, 0) is 35.9 Å². The molecular formula is C24H19BrN2O4. The Morgan fingerprint density at radius 3 is 2.39 bits per heavy atom. The Balaban J connectivity index is 1.83. The number of hydrogen-bond acceptors (Lipinski definition) is 4. The third-order valence-corrected chi connectivity index (χ3v) is 5.40. The van der Waals surface area contributed by atoms with Gasteiger partial charge in [0, 0.05) is 27.5 Å². The average molecular weight is 479 g/mol. The van der Waals surface area contributed by atoms with Gasteiger partial charge in [-0.3, -0.25) is 9.59 Å². The summed E-state index contributed by atoms with van der Waals surface area (Å²) in [6.07, 6.45) is 0. The molecule has 0 aromatic heterocycles. The van der Waals surface area contributed by atoms with Crippen LogP contribution in [-0.2, 0) is 9.59 Å². The summed E-state index contributed by atoms with van der Waals surface area (Å²) in [5.41, 5.74) is 3.09. The second-order valence-electron chi connectivity index (χ2n) is 6.78. The van der Waals surface area contributed by atoms with Gasteiger partial charge in [0.25, 0.3) is 11.8 Å². The van der Waals surface area contributed by atoms with Crippen LogP contribution in [0.3, 0.4) is 0 Å². The van der Waals surface area contributed by atoms with Crippen LogP contribution in [0.25, 0.3) is 11.1 Å². The molecule has 0 fully saturated rings. The van der Waals surface area contributed by atoms with Gasteiger partial charge in [0.2, 0.25) is 0 Å². The van der Waals surface area contributed by atoms with Crippen LogP contribution in [0.5, 0.6) is 11.5 Å². The molecule has 0 saturated carbocycles. The lowest BCUT2D eigenvalue weighted by atomic mass is 9.94. The third-order valence-electron chi connectivity index (χ3n) is 4.91. The highest BCUT2D eigenvalue weighted by molar-refractivity contribution is 9.10. The number of carbonyl (C=O) groups excluding carboxylic acids is 2. The Labute approximate surface area is 188 Å². The van der Waals surface area contributed by atoms with Gasteiger partial charge in [-0.2, -0.15) is 0 Å². The molecule has 1 aliphatic rings. The largest absolute Gasteiger partial charge is 0.493 e. The number of rotatable bonds is 5. The number of methoxy groups -OCH3 is 2. The SMILES string of the molecule is COc1ccc(NC(=O)C(=C2C(=O)Nc3ccc(Br)cc32)c2ccccc2)cc1OC. The molecule has 2 N–H and O–H groups in total. The maximum absolute atomic E-state index is 13.5. The zero-order chi connectivity index (χ0) is 22.0. The summed E-state index contributed by atoms with van der Waals surface area (Å²) in [5, 5.41) is 5.73. The molecule has 0 atom stereocenters. The number of benzene rings is 3. The molecule has 31 heavy (non-hydrogen) atoms. The van der Waals surface area contributed by atoms with Crippen molar-refractivity contribution in [2.75, 3.05) is 24.9 Å². The van der Waals surface area contributed by atoms with Crippen molar-refractivity contribution in [1.82, 2.24) is 0 Å². The molecule has 0 aliphatic carbocycles. The van der Waals surface area contributed by atoms with Crippen LogP contribution >= 0.6 is 15.9 Å². The van der Waals surface area contributed by atoms with E-state index in [1.54, 1.807) is 43.5 Å². The van der Waals surface area contributed by atoms with Gasteiger partial charge in [-0.25, -0.2) is 0 Å². The number of halogens is 1. The van der Waals surface area contributed by atoms with Crippen LogP contribution in [0.2, 0.25) is 0 Å². The molecule has 156 valence electrons. The van der Waals surface area contributed by atoms with Crippen LogP contribution in [0.4, 0.5) is 11.4 Å². The van der Waals surface area contributed by atoms with Crippen LogP contribution in [0, 0.1) is 0 Å². The van der Waals surface area contributed by atoms with E-state index in [4.69, 9.17) is 9.47 Å². The molecule has 1 aliphatic heterocycles. The fourth-order valence-corrected chi connectivity index (χ4v) is 3.85. The lowest BCUT2D eigenvalue weighted by Gasteiger charge is -2.14. The zero-order valence-electron chi connectivity index (χ0n) is 16.9. The first-order chi connectivity index (χ1) is 15.0. The van der Waals surface area contributed by atoms with Crippen molar-refractivity contribution in [3.05, 3.63) is 82.3 Å². The molecule has 0 saturated heterocycles. The number of fused-ring (bicyclic) bond motifs is 1. The summed E-state index contributed by atoms with van der Waals surface area (Å²) in [4.78, 5) is 26.4. The number of anilines is 2. The topological polar surface area (TPSA) is 76.7 Å². The van der Waals surface area contributed by atoms with Gasteiger partial charge < -0.3 is 20.1 Å². The molecule has 3 aromatic carbocycles. The molecule has 4 rings (SSSR count). The van der Waals surface area contributed by atoms with Crippen molar-refractivity contribution in [2.45, 2.75) is 0 Å². The van der Waals surface area contributed by atoms with E-state index in [9.17, 15) is 9.59 Å². The van der Waals surface area contributed by atoms with Gasteiger partial charge in [-0.15, -0.1) is 0 Å². The summed E-state index contributed by atoms with van der Waals surface area (Å²) >= 11 is 3.45. The van der Waals surface area contributed by atoms with E-state index in [0.717, 1.165) is 4.47 Å². The van der Waals surface area contributed by atoms with E-state index in [1.165, 1.54) is 7.11 Å². The maximum atomic E-state index is 13.5. The minimum Gasteiger partial charge on any atom is -0.493 e. The summed E-state index contributed by atoms with van der Waals surface area (Å²) in [6, 6.07) is 19.7. The van der Waals surface area contributed by atoms with Crippen molar-refractivity contribution in [1.29, 1.82) is 0 Å². The predicted octanol–water partition coefficient (Wildman–Crippen LogP) is 4.97. The van der Waals surface area contributed by atoms with Crippen molar-refractivity contribution >= 4 is 50.3 Å². The first-order valence-corrected chi connectivity index (χ1v) is 10.3. The van der Waals surface area contributed by atoms with Crippen molar-refractivity contribution < 1.29 is 19.1 Å². The smallest absolute Gasteiger partial charge is 0.257 e. The Hall–Kier alpha value is -3.58.